The van der Waals surface area contributed by atoms with E-state index in [2.05, 4.69) is 23.9 Å². The van der Waals surface area contributed by atoms with Crippen LogP contribution in [0.1, 0.15) is 26.7 Å². The van der Waals surface area contributed by atoms with Gasteiger partial charge >= 0.3 is 5.97 Å². The predicted molar refractivity (Wildman–Crippen MR) is 48.9 cm³/mol. The van der Waals surface area contributed by atoms with Gasteiger partial charge in [-0.1, -0.05) is 20.3 Å². The van der Waals surface area contributed by atoms with Crippen molar-refractivity contribution in [2.45, 2.75) is 32.7 Å². The van der Waals surface area contributed by atoms with Gasteiger partial charge in [0.15, 0.2) is 0 Å². The zero-order valence-electron chi connectivity index (χ0n) is 8.39. The second-order valence-electron chi connectivity index (χ2n) is 3.06. The molecule has 0 saturated heterocycles. The van der Waals surface area contributed by atoms with Crippen LogP contribution >= 0.6 is 0 Å². The van der Waals surface area contributed by atoms with E-state index in [1.165, 1.54) is 7.11 Å². The molecule has 1 N–H and O–H groups in total. The van der Waals surface area contributed by atoms with Gasteiger partial charge in [0.1, 0.15) is 0 Å². The molecule has 0 saturated carbocycles. The Morgan fingerprint density at radius 3 is 2.50 bits per heavy atom. The minimum atomic E-state index is -0.144. The summed E-state index contributed by atoms with van der Waals surface area (Å²) in [6.45, 7) is 4.25. The summed E-state index contributed by atoms with van der Waals surface area (Å²) >= 11 is 0. The number of hydrogen-bond acceptors (Lipinski definition) is 3. The first-order valence-electron chi connectivity index (χ1n) is 4.39. The van der Waals surface area contributed by atoms with Gasteiger partial charge in [-0.15, -0.1) is 0 Å². The summed E-state index contributed by atoms with van der Waals surface area (Å²) in [6, 6.07) is 0.238. The van der Waals surface area contributed by atoms with Crippen molar-refractivity contribution in [2.75, 3.05) is 14.2 Å². The highest BCUT2D eigenvalue weighted by Crippen LogP contribution is 2.10. The zero-order valence-corrected chi connectivity index (χ0v) is 8.39. The van der Waals surface area contributed by atoms with E-state index in [0.29, 0.717) is 12.3 Å². The number of carbonyl (C=O) groups excluding carboxylic acids is 1. The average molecular weight is 173 g/mol. The number of methoxy groups -OCH3 is 1. The second kappa shape index (κ2) is 6.00. The summed E-state index contributed by atoms with van der Waals surface area (Å²) in [7, 11) is 3.30. The van der Waals surface area contributed by atoms with E-state index in [4.69, 9.17) is 0 Å². The first-order valence-corrected chi connectivity index (χ1v) is 4.39. The van der Waals surface area contributed by atoms with Crippen molar-refractivity contribution >= 4 is 5.97 Å². The van der Waals surface area contributed by atoms with Gasteiger partial charge in [-0.2, -0.15) is 0 Å². The molecule has 3 nitrogen and oxygen atoms in total. The molecule has 0 bridgehead atoms. The van der Waals surface area contributed by atoms with E-state index < -0.39 is 0 Å². The maximum absolute atomic E-state index is 10.9. The summed E-state index contributed by atoms with van der Waals surface area (Å²) < 4.78 is 4.60. The van der Waals surface area contributed by atoms with Gasteiger partial charge in [0.25, 0.3) is 0 Å². The summed E-state index contributed by atoms with van der Waals surface area (Å²) in [4.78, 5) is 10.9. The second-order valence-corrected chi connectivity index (χ2v) is 3.06. The van der Waals surface area contributed by atoms with Crippen LogP contribution in [0, 0.1) is 5.92 Å². The molecule has 72 valence electrons. The molecule has 0 rings (SSSR count). The van der Waals surface area contributed by atoms with Crippen molar-refractivity contribution in [1.82, 2.24) is 5.32 Å². The molecule has 0 radical (unpaired) electrons. The summed E-state index contributed by atoms with van der Waals surface area (Å²) in [6.07, 6.45) is 1.53. The minimum absolute atomic E-state index is 0.144. The maximum Gasteiger partial charge on any atom is 0.307 e. The van der Waals surface area contributed by atoms with E-state index in [1.54, 1.807) is 0 Å². The summed E-state index contributed by atoms with van der Waals surface area (Å²) in [5.41, 5.74) is 0. The topological polar surface area (TPSA) is 38.3 Å². The predicted octanol–water partition coefficient (Wildman–Crippen LogP) is 1.18. The smallest absolute Gasteiger partial charge is 0.307 e. The monoisotopic (exact) mass is 173 g/mol. The third-order valence-corrected chi connectivity index (χ3v) is 2.32. The van der Waals surface area contributed by atoms with Crippen LogP contribution in [0.4, 0.5) is 0 Å². The number of rotatable bonds is 5. The summed E-state index contributed by atoms with van der Waals surface area (Å²) in [5, 5.41) is 3.12. The molecule has 0 amide bonds. The normalized spacial score (nSPS) is 15.3. The molecule has 0 aromatic heterocycles. The van der Waals surface area contributed by atoms with Crippen molar-refractivity contribution in [3.63, 3.8) is 0 Å². The molecule has 12 heavy (non-hydrogen) atoms. The molecule has 3 heteroatoms. The Bertz CT molecular complexity index is 136. The van der Waals surface area contributed by atoms with Crippen molar-refractivity contribution in [3.05, 3.63) is 0 Å². The largest absolute Gasteiger partial charge is 0.469 e. The van der Waals surface area contributed by atoms with Crippen molar-refractivity contribution in [2.24, 2.45) is 5.92 Å². The Morgan fingerprint density at radius 1 is 1.58 bits per heavy atom. The Balaban J connectivity index is 3.90. The van der Waals surface area contributed by atoms with Crippen molar-refractivity contribution in [1.29, 1.82) is 0 Å². The Labute approximate surface area is 74.5 Å². The van der Waals surface area contributed by atoms with Gasteiger partial charge in [-0.3, -0.25) is 4.79 Å². The molecule has 0 heterocycles. The van der Waals surface area contributed by atoms with E-state index in [-0.39, 0.29) is 12.0 Å². The number of carbonyl (C=O) groups is 1. The molecule has 0 fully saturated rings. The molecule has 0 aromatic rings. The third-order valence-electron chi connectivity index (χ3n) is 2.32. The fourth-order valence-corrected chi connectivity index (χ4v) is 1.14. The molecule has 0 aromatic carbocycles. The fourth-order valence-electron chi connectivity index (χ4n) is 1.14. The minimum Gasteiger partial charge on any atom is -0.469 e. The van der Waals surface area contributed by atoms with Gasteiger partial charge in [0, 0.05) is 6.04 Å². The average Bonchev–Trinajstić information content (AvgIpc) is 2.12. The lowest BCUT2D eigenvalue weighted by molar-refractivity contribution is -0.141. The number of hydrogen-bond donors (Lipinski definition) is 1. The van der Waals surface area contributed by atoms with Gasteiger partial charge < -0.3 is 10.1 Å². The van der Waals surface area contributed by atoms with E-state index >= 15 is 0 Å². The Kier molecular flexibility index (Phi) is 5.72. The van der Waals surface area contributed by atoms with Gasteiger partial charge in [0.05, 0.1) is 13.5 Å². The molecular weight excluding hydrogens is 154 g/mol. The Morgan fingerprint density at radius 2 is 2.17 bits per heavy atom. The third kappa shape index (κ3) is 3.72. The van der Waals surface area contributed by atoms with E-state index in [1.807, 2.05) is 7.05 Å². The van der Waals surface area contributed by atoms with Crippen LogP contribution in [0.25, 0.3) is 0 Å². The molecule has 0 aliphatic rings. The van der Waals surface area contributed by atoms with Crippen LogP contribution in [0.15, 0.2) is 0 Å². The van der Waals surface area contributed by atoms with Crippen LogP contribution in [0.3, 0.4) is 0 Å². The lowest BCUT2D eigenvalue weighted by Crippen LogP contribution is -2.34. The highest BCUT2D eigenvalue weighted by Gasteiger charge is 2.17. The van der Waals surface area contributed by atoms with Crippen LogP contribution < -0.4 is 5.32 Å². The SMILES string of the molecule is CC[C@H](C)[C@@H](CC(=O)OC)NC. The van der Waals surface area contributed by atoms with Crippen LogP contribution in [0.2, 0.25) is 0 Å². The fraction of sp³-hybridized carbons (Fsp3) is 0.889. The Hall–Kier alpha value is -0.570. The molecule has 0 aliphatic heterocycles. The van der Waals surface area contributed by atoms with Gasteiger partial charge in [0.2, 0.25) is 0 Å². The molecule has 0 aliphatic carbocycles. The summed E-state index contributed by atoms with van der Waals surface area (Å²) in [5.74, 6) is 0.365. The van der Waals surface area contributed by atoms with E-state index in [9.17, 15) is 4.79 Å². The highest BCUT2D eigenvalue weighted by molar-refractivity contribution is 5.69. The van der Waals surface area contributed by atoms with Crippen LogP contribution in [-0.4, -0.2) is 26.2 Å². The van der Waals surface area contributed by atoms with Crippen molar-refractivity contribution < 1.29 is 9.53 Å². The lowest BCUT2D eigenvalue weighted by Gasteiger charge is -2.20. The molecule has 0 unspecified atom stereocenters. The molecule has 2 atom stereocenters. The standard InChI is InChI=1S/C9H19NO2/c1-5-7(2)8(10-3)6-9(11)12-4/h7-8,10H,5-6H2,1-4H3/t7-,8+/m0/s1. The molecular formula is C9H19NO2. The van der Waals surface area contributed by atoms with Crippen molar-refractivity contribution in [3.8, 4) is 0 Å². The first-order chi connectivity index (χ1) is 5.65. The zero-order chi connectivity index (χ0) is 9.56. The molecule has 0 spiro atoms. The van der Waals surface area contributed by atoms with Crippen LogP contribution in [0.5, 0.6) is 0 Å². The number of ether oxygens (including phenoxy) is 1. The highest BCUT2D eigenvalue weighted by atomic mass is 16.5. The van der Waals surface area contributed by atoms with Gasteiger partial charge in [-0.25, -0.2) is 0 Å². The van der Waals surface area contributed by atoms with Gasteiger partial charge in [-0.05, 0) is 13.0 Å². The number of nitrogens with one attached hydrogen (secondary N) is 1. The lowest BCUT2D eigenvalue weighted by atomic mass is 9.97. The first kappa shape index (κ1) is 11.4. The maximum atomic E-state index is 10.9. The number of esters is 1. The van der Waals surface area contributed by atoms with Crippen LogP contribution in [-0.2, 0) is 9.53 Å². The van der Waals surface area contributed by atoms with E-state index in [0.717, 1.165) is 6.42 Å². The quantitative estimate of drug-likeness (QED) is 0.634.